The number of carbonyl (C=O) groups is 1. The molecule has 1 amide bonds. The average Bonchev–Trinajstić information content (AvgIpc) is 2.68. The molecule has 1 unspecified atom stereocenters. The van der Waals surface area contributed by atoms with Crippen molar-refractivity contribution in [3.63, 3.8) is 0 Å². The Kier molecular flexibility index (Phi) is 4.23. The number of hydrogen-bond acceptors (Lipinski definition) is 4. The molecule has 0 aromatic carbocycles. The van der Waals surface area contributed by atoms with Gasteiger partial charge in [0, 0.05) is 6.04 Å². The number of nitrogens with two attached hydrogens (primary N) is 1. The molecule has 84 valence electrons. The molecule has 0 aliphatic carbocycles. The number of aromatic nitrogens is 3. The lowest BCUT2D eigenvalue weighted by Gasteiger charge is -2.16. The van der Waals surface area contributed by atoms with E-state index in [1.807, 2.05) is 13.8 Å². The molecule has 1 heterocycles. The van der Waals surface area contributed by atoms with E-state index in [9.17, 15) is 4.79 Å². The molecule has 3 N–H and O–H groups in total. The molecule has 6 nitrogen and oxygen atoms in total. The lowest BCUT2D eigenvalue weighted by Crippen LogP contribution is -2.45. The van der Waals surface area contributed by atoms with Crippen molar-refractivity contribution in [2.45, 2.75) is 38.9 Å². The second-order valence-corrected chi connectivity index (χ2v) is 3.54. The summed E-state index contributed by atoms with van der Waals surface area (Å²) in [7, 11) is 0. The summed E-state index contributed by atoms with van der Waals surface area (Å²) >= 11 is 0. The Morgan fingerprint density at radius 3 is 2.93 bits per heavy atom. The van der Waals surface area contributed by atoms with Crippen LogP contribution < -0.4 is 11.1 Å². The van der Waals surface area contributed by atoms with Crippen LogP contribution in [0.4, 0.5) is 0 Å². The van der Waals surface area contributed by atoms with Crippen LogP contribution in [0.15, 0.2) is 12.7 Å². The zero-order valence-corrected chi connectivity index (χ0v) is 9.05. The monoisotopic (exact) mass is 211 g/mol. The van der Waals surface area contributed by atoms with E-state index in [0.717, 1.165) is 0 Å². The highest BCUT2D eigenvalue weighted by Crippen LogP contribution is 1.91. The number of carbonyl (C=O) groups excluding carboxylic acids is 1. The molecule has 1 aromatic rings. The number of amides is 1. The first kappa shape index (κ1) is 11.6. The summed E-state index contributed by atoms with van der Waals surface area (Å²) < 4.78 is 1.67. The number of rotatable bonds is 5. The van der Waals surface area contributed by atoms with Crippen molar-refractivity contribution < 1.29 is 4.79 Å². The minimum Gasteiger partial charge on any atom is -0.350 e. The van der Waals surface area contributed by atoms with Crippen molar-refractivity contribution in [3.05, 3.63) is 12.7 Å². The van der Waals surface area contributed by atoms with E-state index >= 15 is 0 Å². The normalized spacial score (nSPS) is 14.6. The standard InChI is InChI=1S/C9H17N5O/c1-3-8(10)9(15)13-7(2)4-14-6-11-5-12-14/h5-8H,3-4,10H2,1-2H3,(H,13,15)/t7?,8-/m0/s1. The van der Waals surface area contributed by atoms with Gasteiger partial charge in [-0.25, -0.2) is 4.98 Å². The predicted octanol–water partition coefficient (Wildman–Crippen LogP) is -0.480. The Morgan fingerprint density at radius 1 is 1.67 bits per heavy atom. The Bertz CT molecular complexity index is 297. The van der Waals surface area contributed by atoms with Crippen molar-refractivity contribution >= 4 is 5.91 Å². The Labute approximate surface area is 88.9 Å². The largest absolute Gasteiger partial charge is 0.350 e. The molecule has 0 spiro atoms. The van der Waals surface area contributed by atoms with Gasteiger partial charge in [-0.1, -0.05) is 6.92 Å². The zero-order valence-electron chi connectivity index (χ0n) is 9.05. The minimum absolute atomic E-state index is 0.00296. The quantitative estimate of drug-likeness (QED) is 0.688. The van der Waals surface area contributed by atoms with Gasteiger partial charge in [0.05, 0.1) is 12.6 Å². The van der Waals surface area contributed by atoms with Crippen molar-refractivity contribution in [2.24, 2.45) is 5.73 Å². The van der Waals surface area contributed by atoms with Gasteiger partial charge in [0.1, 0.15) is 12.7 Å². The van der Waals surface area contributed by atoms with Crippen LogP contribution in [-0.2, 0) is 11.3 Å². The van der Waals surface area contributed by atoms with Gasteiger partial charge in [-0.3, -0.25) is 9.48 Å². The van der Waals surface area contributed by atoms with Gasteiger partial charge in [-0.2, -0.15) is 5.10 Å². The fraction of sp³-hybridized carbons (Fsp3) is 0.667. The van der Waals surface area contributed by atoms with Gasteiger partial charge >= 0.3 is 0 Å². The zero-order chi connectivity index (χ0) is 11.3. The van der Waals surface area contributed by atoms with Gasteiger partial charge in [-0.15, -0.1) is 0 Å². The summed E-state index contributed by atoms with van der Waals surface area (Å²) in [4.78, 5) is 15.3. The average molecular weight is 211 g/mol. The van der Waals surface area contributed by atoms with E-state index in [2.05, 4.69) is 15.4 Å². The van der Waals surface area contributed by atoms with Gasteiger partial charge in [-0.05, 0) is 13.3 Å². The highest BCUT2D eigenvalue weighted by atomic mass is 16.2. The maximum atomic E-state index is 11.4. The van der Waals surface area contributed by atoms with Crippen LogP contribution >= 0.6 is 0 Å². The fourth-order valence-corrected chi connectivity index (χ4v) is 1.19. The smallest absolute Gasteiger partial charge is 0.237 e. The van der Waals surface area contributed by atoms with E-state index in [1.54, 1.807) is 11.0 Å². The molecule has 0 radical (unpaired) electrons. The summed E-state index contributed by atoms with van der Waals surface area (Å²) in [5.74, 6) is -0.120. The summed E-state index contributed by atoms with van der Waals surface area (Å²) in [6.07, 6.45) is 3.72. The first-order chi connectivity index (χ1) is 7.13. The molecule has 15 heavy (non-hydrogen) atoms. The van der Waals surface area contributed by atoms with E-state index in [4.69, 9.17) is 5.73 Å². The first-order valence-corrected chi connectivity index (χ1v) is 5.01. The van der Waals surface area contributed by atoms with Gasteiger partial charge in [0.2, 0.25) is 5.91 Å². The third kappa shape index (κ3) is 3.67. The maximum Gasteiger partial charge on any atom is 0.237 e. The molecule has 0 aliphatic rings. The second-order valence-electron chi connectivity index (χ2n) is 3.54. The molecule has 2 atom stereocenters. The van der Waals surface area contributed by atoms with E-state index in [0.29, 0.717) is 13.0 Å². The van der Waals surface area contributed by atoms with Crippen LogP contribution in [0.3, 0.4) is 0 Å². The molecule has 1 aromatic heterocycles. The molecule has 0 saturated carbocycles. The third-order valence-electron chi connectivity index (χ3n) is 2.09. The predicted molar refractivity (Wildman–Crippen MR) is 55.9 cm³/mol. The van der Waals surface area contributed by atoms with Gasteiger partial charge in [0.15, 0.2) is 0 Å². The highest BCUT2D eigenvalue weighted by Gasteiger charge is 2.13. The Morgan fingerprint density at radius 2 is 2.40 bits per heavy atom. The molecule has 1 rings (SSSR count). The van der Waals surface area contributed by atoms with Gasteiger partial charge < -0.3 is 11.1 Å². The van der Waals surface area contributed by atoms with Crippen molar-refractivity contribution in [3.8, 4) is 0 Å². The van der Waals surface area contributed by atoms with E-state index in [-0.39, 0.29) is 11.9 Å². The fourth-order valence-electron chi connectivity index (χ4n) is 1.19. The van der Waals surface area contributed by atoms with Crippen LogP contribution in [0.25, 0.3) is 0 Å². The van der Waals surface area contributed by atoms with Crippen LogP contribution in [0.5, 0.6) is 0 Å². The number of nitrogens with one attached hydrogen (secondary N) is 1. The molecular formula is C9H17N5O. The molecule has 0 fully saturated rings. The van der Waals surface area contributed by atoms with Crippen LogP contribution in [0.2, 0.25) is 0 Å². The summed E-state index contributed by atoms with van der Waals surface area (Å²) in [5, 5.41) is 6.77. The second kappa shape index (κ2) is 5.45. The van der Waals surface area contributed by atoms with Crippen molar-refractivity contribution in [2.75, 3.05) is 0 Å². The SMILES string of the molecule is CC[C@H](N)C(=O)NC(C)Cn1cncn1. The van der Waals surface area contributed by atoms with E-state index < -0.39 is 6.04 Å². The van der Waals surface area contributed by atoms with Crippen molar-refractivity contribution in [1.82, 2.24) is 20.1 Å². The summed E-state index contributed by atoms with van der Waals surface area (Å²) in [5.41, 5.74) is 5.59. The number of hydrogen-bond donors (Lipinski definition) is 2. The molecule has 0 aliphatic heterocycles. The molecule has 6 heteroatoms. The lowest BCUT2D eigenvalue weighted by molar-refractivity contribution is -0.123. The minimum atomic E-state index is -0.428. The van der Waals surface area contributed by atoms with E-state index in [1.165, 1.54) is 6.33 Å². The Hall–Kier alpha value is -1.43. The molecule has 0 saturated heterocycles. The number of nitrogens with zero attached hydrogens (tertiary/aromatic N) is 3. The maximum absolute atomic E-state index is 11.4. The Balaban J connectivity index is 2.36. The molecular weight excluding hydrogens is 194 g/mol. The lowest BCUT2D eigenvalue weighted by atomic mass is 10.2. The van der Waals surface area contributed by atoms with Gasteiger partial charge in [0.25, 0.3) is 0 Å². The first-order valence-electron chi connectivity index (χ1n) is 5.01. The summed E-state index contributed by atoms with van der Waals surface area (Å²) in [6, 6.07) is -0.431. The topological polar surface area (TPSA) is 85.8 Å². The van der Waals surface area contributed by atoms with Crippen LogP contribution in [0.1, 0.15) is 20.3 Å². The van der Waals surface area contributed by atoms with Crippen LogP contribution in [-0.4, -0.2) is 32.8 Å². The molecule has 0 bridgehead atoms. The third-order valence-corrected chi connectivity index (χ3v) is 2.09. The summed E-state index contributed by atoms with van der Waals surface area (Å²) in [6.45, 7) is 4.39. The van der Waals surface area contributed by atoms with Crippen molar-refractivity contribution in [1.29, 1.82) is 0 Å². The van der Waals surface area contributed by atoms with Crippen LogP contribution in [0, 0.1) is 0 Å². The highest BCUT2D eigenvalue weighted by molar-refractivity contribution is 5.81.